The molecule has 1 heterocycles. The highest BCUT2D eigenvalue weighted by atomic mass is 16.5. The lowest BCUT2D eigenvalue weighted by molar-refractivity contribution is -0.124. The van der Waals surface area contributed by atoms with Crippen LogP contribution in [0.1, 0.15) is 12.5 Å². The fraction of sp³-hybridized carbons (Fsp3) is 0.562. The average molecular weight is 292 g/mol. The minimum absolute atomic E-state index is 0.0388. The molecule has 0 aromatic heterocycles. The molecule has 1 aromatic carbocycles. The Morgan fingerprint density at radius 3 is 3.14 bits per heavy atom. The van der Waals surface area contributed by atoms with Gasteiger partial charge < -0.3 is 14.8 Å². The third kappa shape index (κ3) is 5.73. The van der Waals surface area contributed by atoms with Gasteiger partial charge in [0.15, 0.2) is 0 Å². The summed E-state index contributed by atoms with van der Waals surface area (Å²) in [5, 5.41) is 2.88. The Morgan fingerprint density at radius 2 is 2.38 bits per heavy atom. The molecule has 1 aliphatic rings. The van der Waals surface area contributed by atoms with Gasteiger partial charge in [0.25, 0.3) is 0 Å². The second kappa shape index (κ2) is 8.00. The Kier molecular flexibility index (Phi) is 6.02. The maximum Gasteiger partial charge on any atom is 0.234 e. The predicted octanol–water partition coefficient (Wildman–Crippen LogP) is 1.21. The molecule has 5 heteroatoms. The van der Waals surface area contributed by atoms with Crippen LogP contribution in [0.4, 0.5) is 0 Å². The van der Waals surface area contributed by atoms with Gasteiger partial charge in [-0.25, -0.2) is 0 Å². The summed E-state index contributed by atoms with van der Waals surface area (Å²) in [5.41, 5.74) is 1.16. The number of nitrogens with one attached hydrogen (secondary N) is 1. The maximum absolute atomic E-state index is 11.8. The minimum atomic E-state index is 0.0388. The number of ether oxygens (including phenoxy) is 2. The lowest BCUT2D eigenvalue weighted by Gasteiger charge is -2.30. The van der Waals surface area contributed by atoms with E-state index in [1.54, 1.807) is 0 Å². The molecule has 116 valence electrons. The number of carbonyl (C=O) groups excluding carboxylic acids is 1. The number of amides is 1. The largest absolute Gasteiger partial charge is 0.492 e. The van der Waals surface area contributed by atoms with Crippen LogP contribution in [-0.2, 0) is 9.53 Å². The van der Waals surface area contributed by atoms with E-state index in [0.29, 0.717) is 26.3 Å². The molecule has 1 amide bonds. The van der Waals surface area contributed by atoms with E-state index >= 15 is 0 Å². The van der Waals surface area contributed by atoms with Gasteiger partial charge in [-0.15, -0.1) is 0 Å². The molecule has 1 N–H and O–H groups in total. The first-order valence-corrected chi connectivity index (χ1v) is 7.43. The quantitative estimate of drug-likeness (QED) is 0.801. The molecule has 1 atom stereocenters. The van der Waals surface area contributed by atoms with Gasteiger partial charge in [0.1, 0.15) is 12.4 Å². The molecule has 1 aromatic rings. The summed E-state index contributed by atoms with van der Waals surface area (Å²) in [6.45, 7) is 7.81. The maximum atomic E-state index is 11.8. The fourth-order valence-corrected chi connectivity index (χ4v) is 2.36. The Labute approximate surface area is 126 Å². The first-order chi connectivity index (χ1) is 10.1. The minimum Gasteiger partial charge on any atom is -0.492 e. The predicted molar refractivity (Wildman–Crippen MR) is 81.5 cm³/mol. The van der Waals surface area contributed by atoms with E-state index < -0.39 is 0 Å². The summed E-state index contributed by atoms with van der Waals surface area (Å²) in [4.78, 5) is 14.0. The van der Waals surface area contributed by atoms with E-state index in [4.69, 9.17) is 9.47 Å². The van der Waals surface area contributed by atoms with Crippen LogP contribution < -0.4 is 10.1 Å². The normalized spacial score (nSPS) is 19.2. The highest BCUT2D eigenvalue weighted by Crippen LogP contribution is 2.11. The molecular formula is C16H24N2O3. The molecule has 1 saturated heterocycles. The van der Waals surface area contributed by atoms with Crippen molar-refractivity contribution in [2.24, 2.45) is 0 Å². The van der Waals surface area contributed by atoms with Gasteiger partial charge >= 0.3 is 0 Å². The zero-order valence-electron chi connectivity index (χ0n) is 12.8. The van der Waals surface area contributed by atoms with Crippen molar-refractivity contribution in [3.8, 4) is 5.75 Å². The number of aryl methyl sites for hydroxylation is 1. The standard InChI is InChI=1S/C16H24N2O3/c1-13-4-3-5-15(10-13)21-8-6-17-16(19)12-18-7-9-20-14(2)11-18/h3-5,10,14H,6-9,11-12H2,1-2H3,(H,17,19). The number of hydrogen-bond donors (Lipinski definition) is 1. The molecule has 5 nitrogen and oxygen atoms in total. The van der Waals surface area contributed by atoms with Gasteiger partial charge in [0, 0.05) is 13.1 Å². The average Bonchev–Trinajstić information content (AvgIpc) is 2.44. The summed E-state index contributed by atoms with van der Waals surface area (Å²) in [6, 6.07) is 7.89. The van der Waals surface area contributed by atoms with Crippen molar-refractivity contribution in [3.05, 3.63) is 29.8 Å². The summed E-state index contributed by atoms with van der Waals surface area (Å²) in [6.07, 6.45) is 0.205. The van der Waals surface area contributed by atoms with Crippen molar-refractivity contribution in [3.63, 3.8) is 0 Å². The van der Waals surface area contributed by atoms with E-state index in [2.05, 4.69) is 10.2 Å². The number of nitrogens with zero attached hydrogens (tertiary/aromatic N) is 1. The van der Waals surface area contributed by atoms with Gasteiger partial charge in [-0.05, 0) is 31.5 Å². The highest BCUT2D eigenvalue weighted by Gasteiger charge is 2.18. The van der Waals surface area contributed by atoms with Crippen LogP contribution in [0, 0.1) is 6.92 Å². The number of benzene rings is 1. The van der Waals surface area contributed by atoms with Crippen molar-refractivity contribution >= 4 is 5.91 Å². The Balaban J connectivity index is 1.61. The molecule has 0 spiro atoms. The molecule has 21 heavy (non-hydrogen) atoms. The van der Waals surface area contributed by atoms with Crippen LogP contribution in [0.3, 0.4) is 0 Å². The van der Waals surface area contributed by atoms with Gasteiger partial charge in [0.05, 0.1) is 25.8 Å². The van der Waals surface area contributed by atoms with E-state index in [1.807, 2.05) is 38.1 Å². The smallest absolute Gasteiger partial charge is 0.234 e. The zero-order chi connectivity index (χ0) is 15.1. The number of carbonyl (C=O) groups is 1. The molecule has 2 rings (SSSR count). The van der Waals surface area contributed by atoms with E-state index in [-0.39, 0.29) is 12.0 Å². The summed E-state index contributed by atoms with van der Waals surface area (Å²) in [5.74, 6) is 0.878. The van der Waals surface area contributed by atoms with Crippen LogP contribution in [0.5, 0.6) is 5.75 Å². The third-order valence-corrected chi connectivity index (χ3v) is 3.37. The second-order valence-corrected chi connectivity index (χ2v) is 5.43. The molecule has 1 unspecified atom stereocenters. The Bertz CT molecular complexity index is 465. The molecule has 1 aliphatic heterocycles. The number of hydrogen-bond acceptors (Lipinski definition) is 4. The molecular weight excluding hydrogens is 268 g/mol. The summed E-state index contributed by atoms with van der Waals surface area (Å²) in [7, 11) is 0. The third-order valence-electron chi connectivity index (χ3n) is 3.37. The van der Waals surface area contributed by atoms with Crippen LogP contribution >= 0.6 is 0 Å². The SMILES string of the molecule is Cc1cccc(OCCNC(=O)CN2CCOC(C)C2)c1. The fourth-order valence-electron chi connectivity index (χ4n) is 2.36. The first-order valence-electron chi connectivity index (χ1n) is 7.43. The lowest BCUT2D eigenvalue weighted by atomic mass is 10.2. The number of morpholine rings is 1. The van der Waals surface area contributed by atoms with Crippen LogP contribution in [0.25, 0.3) is 0 Å². The van der Waals surface area contributed by atoms with Gasteiger partial charge in [0.2, 0.25) is 5.91 Å². The van der Waals surface area contributed by atoms with Crippen LogP contribution in [-0.4, -0.2) is 56.3 Å². The van der Waals surface area contributed by atoms with E-state index in [9.17, 15) is 4.79 Å². The van der Waals surface area contributed by atoms with Crippen LogP contribution in [0.15, 0.2) is 24.3 Å². The van der Waals surface area contributed by atoms with E-state index in [1.165, 1.54) is 0 Å². The van der Waals surface area contributed by atoms with Crippen molar-refractivity contribution in [2.75, 3.05) is 39.4 Å². The molecule has 0 saturated carbocycles. The van der Waals surface area contributed by atoms with E-state index in [0.717, 1.165) is 24.4 Å². The number of rotatable bonds is 6. The monoisotopic (exact) mass is 292 g/mol. The molecule has 0 bridgehead atoms. The Morgan fingerprint density at radius 1 is 1.52 bits per heavy atom. The summed E-state index contributed by atoms with van der Waals surface area (Å²) < 4.78 is 11.0. The van der Waals surface area contributed by atoms with Crippen molar-refractivity contribution < 1.29 is 14.3 Å². The topological polar surface area (TPSA) is 50.8 Å². The van der Waals surface area contributed by atoms with Gasteiger partial charge in [-0.2, -0.15) is 0 Å². The van der Waals surface area contributed by atoms with Crippen molar-refractivity contribution in [1.29, 1.82) is 0 Å². The highest BCUT2D eigenvalue weighted by molar-refractivity contribution is 5.78. The van der Waals surface area contributed by atoms with Crippen molar-refractivity contribution in [1.82, 2.24) is 10.2 Å². The van der Waals surface area contributed by atoms with Gasteiger partial charge in [-0.1, -0.05) is 12.1 Å². The zero-order valence-corrected chi connectivity index (χ0v) is 12.8. The molecule has 0 radical (unpaired) electrons. The molecule has 1 fully saturated rings. The lowest BCUT2D eigenvalue weighted by Crippen LogP contribution is -2.46. The molecule has 0 aliphatic carbocycles. The Hall–Kier alpha value is -1.59. The van der Waals surface area contributed by atoms with Crippen LogP contribution in [0.2, 0.25) is 0 Å². The first kappa shape index (κ1) is 15.8. The van der Waals surface area contributed by atoms with Crippen molar-refractivity contribution in [2.45, 2.75) is 20.0 Å². The summed E-state index contributed by atoms with van der Waals surface area (Å²) >= 11 is 0. The second-order valence-electron chi connectivity index (χ2n) is 5.43. The van der Waals surface area contributed by atoms with Gasteiger partial charge in [-0.3, -0.25) is 9.69 Å².